The summed E-state index contributed by atoms with van der Waals surface area (Å²) in [5, 5.41) is 13.2. The van der Waals surface area contributed by atoms with Crippen LogP contribution in [0, 0.1) is 0 Å². The number of rotatable bonds is 3. The van der Waals surface area contributed by atoms with E-state index in [1.54, 1.807) is 25.1 Å². The van der Waals surface area contributed by atoms with Crippen LogP contribution in [0.5, 0.6) is 0 Å². The maximum Gasteiger partial charge on any atom is 0.238 e. The predicted octanol–water partition coefficient (Wildman–Crippen LogP) is 1.71. The van der Waals surface area contributed by atoms with Gasteiger partial charge in [0.2, 0.25) is 5.91 Å². The number of hydrogen-bond donors (Lipinski definition) is 3. The number of hydrogen-bond acceptors (Lipinski definition) is 4. The summed E-state index contributed by atoms with van der Waals surface area (Å²) in [6, 6.07) is 4.96. The Labute approximate surface area is 123 Å². The molecule has 0 saturated carbocycles. The number of carbonyl (C=O) groups is 1. The number of anilines is 2. The van der Waals surface area contributed by atoms with E-state index in [0.29, 0.717) is 22.9 Å². The molecule has 5 nitrogen and oxygen atoms in total. The van der Waals surface area contributed by atoms with Crippen molar-refractivity contribution < 1.29 is 9.90 Å². The molecule has 1 heterocycles. The average molecular weight is 298 g/mol. The molecule has 1 unspecified atom stereocenters. The number of nitrogens with zero attached hydrogens (tertiary/aromatic N) is 1. The Morgan fingerprint density at radius 1 is 1.60 bits per heavy atom. The highest BCUT2D eigenvalue weighted by molar-refractivity contribution is 6.33. The van der Waals surface area contributed by atoms with Gasteiger partial charge in [0.1, 0.15) is 0 Å². The van der Waals surface area contributed by atoms with Gasteiger partial charge in [0.15, 0.2) is 0 Å². The Morgan fingerprint density at radius 3 is 3.05 bits per heavy atom. The highest BCUT2D eigenvalue weighted by Gasteiger charge is 2.29. The van der Waals surface area contributed by atoms with Crippen LogP contribution in [-0.4, -0.2) is 41.1 Å². The number of benzene rings is 1. The van der Waals surface area contributed by atoms with Crippen LogP contribution in [-0.2, 0) is 4.79 Å². The summed E-state index contributed by atoms with van der Waals surface area (Å²) in [6.45, 7) is 3.35. The van der Waals surface area contributed by atoms with Gasteiger partial charge in [-0.15, -0.1) is 0 Å². The number of carbonyl (C=O) groups excluding carboxylic acids is 1. The zero-order valence-electron chi connectivity index (χ0n) is 11.5. The maximum absolute atomic E-state index is 12.0. The van der Waals surface area contributed by atoms with Crippen LogP contribution in [0.3, 0.4) is 0 Å². The Bertz CT molecular complexity index is 505. The van der Waals surface area contributed by atoms with E-state index in [0.717, 1.165) is 19.4 Å². The minimum absolute atomic E-state index is 0.157. The lowest BCUT2D eigenvalue weighted by Gasteiger charge is -2.36. The van der Waals surface area contributed by atoms with Gasteiger partial charge in [0, 0.05) is 12.2 Å². The number of piperidine rings is 1. The molecule has 1 aromatic rings. The smallest absolute Gasteiger partial charge is 0.238 e. The zero-order chi connectivity index (χ0) is 14.8. The third-order valence-electron chi connectivity index (χ3n) is 3.39. The summed E-state index contributed by atoms with van der Waals surface area (Å²) in [5.74, 6) is -0.157. The SMILES string of the molecule is CC1(O)CCCN(CC(=O)Nc2cc(N)ccc2Cl)C1. The lowest BCUT2D eigenvalue weighted by molar-refractivity contribution is -0.118. The molecule has 2 rings (SSSR count). The molecule has 1 aromatic carbocycles. The van der Waals surface area contributed by atoms with E-state index in [1.807, 2.05) is 4.90 Å². The fourth-order valence-electron chi connectivity index (χ4n) is 2.49. The molecule has 1 amide bonds. The van der Waals surface area contributed by atoms with Gasteiger partial charge in [-0.2, -0.15) is 0 Å². The Balaban J connectivity index is 1.94. The second kappa shape index (κ2) is 5.99. The van der Waals surface area contributed by atoms with Gasteiger partial charge in [-0.3, -0.25) is 9.69 Å². The first-order valence-electron chi connectivity index (χ1n) is 6.65. The molecule has 4 N–H and O–H groups in total. The topological polar surface area (TPSA) is 78.6 Å². The summed E-state index contributed by atoms with van der Waals surface area (Å²) in [6.07, 6.45) is 1.66. The van der Waals surface area contributed by atoms with Crippen molar-refractivity contribution in [2.45, 2.75) is 25.4 Å². The number of nitrogen functional groups attached to an aromatic ring is 1. The third-order valence-corrected chi connectivity index (χ3v) is 3.72. The number of nitrogens with one attached hydrogen (secondary N) is 1. The van der Waals surface area contributed by atoms with Crippen LogP contribution in [0.4, 0.5) is 11.4 Å². The Morgan fingerprint density at radius 2 is 2.35 bits per heavy atom. The van der Waals surface area contributed by atoms with E-state index < -0.39 is 5.60 Å². The van der Waals surface area contributed by atoms with E-state index >= 15 is 0 Å². The van der Waals surface area contributed by atoms with E-state index in [2.05, 4.69) is 5.32 Å². The molecule has 6 heteroatoms. The predicted molar refractivity (Wildman–Crippen MR) is 80.8 cm³/mol. The summed E-state index contributed by atoms with van der Waals surface area (Å²) >= 11 is 6.00. The zero-order valence-corrected chi connectivity index (χ0v) is 12.3. The van der Waals surface area contributed by atoms with Gasteiger partial charge in [-0.25, -0.2) is 0 Å². The largest absolute Gasteiger partial charge is 0.399 e. The van der Waals surface area contributed by atoms with E-state index in [4.69, 9.17) is 17.3 Å². The second-order valence-corrected chi connectivity index (χ2v) is 6.01. The second-order valence-electron chi connectivity index (χ2n) is 5.60. The highest BCUT2D eigenvalue weighted by atomic mass is 35.5. The normalized spacial score (nSPS) is 23.6. The standard InChI is InChI=1S/C14H20ClN3O2/c1-14(20)5-2-6-18(9-14)8-13(19)17-12-7-10(16)3-4-11(12)15/h3-4,7,20H,2,5-6,8-9,16H2,1H3,(H,17,19). The fourth-order valence-corrected chi connectivity index (χ4v) is 2.65. The van der Waals surface area contributed by atoms with Crippen LogP contribution in [0.2, 0.25) is 5.02 Å². The van der Waals surface area contributed by atoms with Crippen molar-refractivity contribution in [3.05, 3.63) is 23.2 Å². The van der Waals surface area contributed by atoms with Crippen LogP contribution in [0.25, 0.3) is 0 Å². The Kier molecular flexibility index (Phi) is 4.52. The quantitative estimate of drug-likeness (QED) is 0.742. The first-order valence-corrected chi connectivity index (χ1v) is 7.03. The molecule has 20 heavy (non-hydrogen) atoms. The molecule has 1 fully saturated rings. The molecular formula is C14H20ClN3O2. The van der Waals surface area contributed by atoms with E-state index in [1.165, 1.54) is 0 Å². The van der Waals surface area contributed by atoms with Crippen molar-refractivity contribution in [3.63, 3.8) is 0 Å². The summed E-state index contributed by atoms with van der Waals surface area (Å²) in [4.78, 5) is 14.0. The summed E-state index contributed by atoms with van der Waals surface area (Å²) in [5.41, 5.74) is 6.02. The molecule has 1 aliphatic rings. The molecule has 1 atom stereocenters. The monoisotopic (exact) mass is 297 g/mol. The van der Waals surface area contributed by atoms with Crippen LogP contribution >= 0.6 is 11.6 Å². The molecule has 0 radical (unpaired) electrons. The highest BCUT2D eigenvalue weighted by Crippen LogP contribution is 2.24. The molecule has 0 aliphatic carbocycles. The van der Waals surface area contributed by atoms with Crippen molar-refractivity contribution in [2.75, 3.05) is 30.7 Å². The number of amides is 1. The summed E-state index contributed by atoms with van der Waals surface area (Å²) in [7, 11) is 0. The number of likely N-dealkylation sites (tertiary alicyclic amines) is 1. The number of halogens is 1. The van der Waals surface area contributed by atoms with Gasteiger partial charge in [-0.1, -0.05) is 11.6 Å². The minimum Gasteiger partial charge on any atom is -0.399 e. The molecule has 1 aliphatic heterocycles. The van der Waals surface area contributed by atoms with Crippen LogP contribution in [0.1, 0.15) is 19.8 Å². The first kappa shape index (κ1) is 15.1. The van der Waals surface area contributed by atoms with Crippen molar-refractivity contribution in [3.8, 4) is 0 Å². The van der Waals surface area contributed by atoms with Crippen LogP contribution < -0.4 is 11.1 Å². The molecular weight excluding hydrogens is 278 g/mol. The molecule has 0 spiro atoms. The van der Waals surface area contributed by atoms with Crippen molar-refractivity contribution in [1.82, 2.24) is 4.90 Å². The van der Waals surface area contributed by atoms with Crippen molar-refractivity contribution >= 4 is 28.9 Å². The average Bonchev–Trinajstić information content (AvgIpc) is 2.32. The molecule has 0 aromatic heterocycles. The number of nitrogens with two attached hydrogens (primary N) is 1. The molecule has 1 saturated heterocycles. The lowest BCUT2D eigenvalue weighted by Crippen LogP contribution is -2.48. The van der Waals surface area contributed by atoms with Gasteiger partial charge in [-0.05, 0) is 44.5 Å². The van der Waals surface area contributed by atoms with Crippen molar-refractivity contribution in [1.29, 1.82) is 0 Å². The number of aliphatic hydroxyl groups is 1. The minimum atomic E-state index is -0.715. The lowest BCUT2D eigenvalue weighted by atomic mass is 9.95. The molecule has 110 valence electrons. The summed E-state index contributed by atoms with van der Waals surface area (Å²) < 4.78 is 0. The first-order chi connectivity index (χ1) is 9.35. The van der Waals surface area contributed by atoms with E-state index in [9.17, 15) is 9.90 Å². The Hall–Kier alpha value is -1.30. The van der Waals surface area contributed by atoms with Gasteiger partial charge < -0.3 is 16.2 Å². The van der Waals surface area contributed by atoms with Gasteiger partial charge in [0.05, 0.1) is 22.9 Å². The van der Waals surface area contributed by atoms with Crippen LogP contribution in [0.15, 0.2) is 18.2 Å². The van der Waals surface area contributed by atoms with Gasteiger partial charge in [0.25, 0.3) is 0 Å². The number of β-amino-alcohol motifs (C(OH)–C–C–N with tert-alkyl or cyclic N) is 1. The maximum atomic E-state index is 12.0. The van der Waals surface area contributed by atoms with Gasteiger partial charge >= 0.3 is 0 Å². The van der Waals surface area contributed by atoms with Crippen molar-refractivity contribution in [2.24, 2.45) is 0 Å². The fraction of sp³-hybridized carbons (Fsp3) is 0.500. The third kappa shape index (κ3) is 4.10. The molecule has 0 bridgehead atoms. The van der Waals surface area contributed by atoms with E-state index in [-0.39, 0.29) is 12.5 Å².